The molecule has 1 aliphatic rings. The Morgan fingerprint density at radius 2 is 2.23 bits per heavy atom. The van der Waals surface area contributed by atoms with Crippen LogP contribution < -0.4 is 5.32 Å². The lowest BCUT2D eigenvalue weighted by Gasteiger charge is -2.03. The summed E-state index contributed by atoms with van der Waals surface area (Å²) in [5.74, 6) is 0.350. The van der Waals surface area contributed by atoms with Gasteiger partial charge in [0.2, 0.25) is 5.91 Å². The Kier molecular flexibility index (Phi) is 4.45. The molecule has 3 rings (SSSR count). The summed E-state index contributed by atoms with van der Waals surface area (Å²) in [5, 5.41) is 7.76. The van der Waals surface area contributed by atoms with E-state index in [1.54, 1.807) is 17.1 Å². The van der Waals surface area contributed by atoms with Crippen LogP contribution in [0.25, 0.3) is 0 Å². The molecule has 1 fully saturated rings. The van der Waals surface area contributed by atoms with Crippen LogP contribution in [0.1, 0.15) is 24.8 Å². The highest BCUT2D eigenvalue weighted by Gasteiger charge is 2.43. The first-order valence-electron chi connectivity index (χ1n) is 7.34. The molecule has 116 valence electrons. The molecule has 1 aliphatic carbocycles. The predicted octanol–water partition coefficient (Wildman–Crippen LogP) is 3.27. The number of aromatic nitrogens is 2. The van der Waals surface area contributed by atoms with Crippen LogP contribution in [0.3, 0.4) is 0 Å². The van der Waals surface area contributed by atoms with Crippen molar-refractivity contribution in [1.82, 2.24) is 9.78 Å². The van der Waals surface area contributed by atoms with Crippen LogP contribution in [-0.4, -0.2) is 22.3 Å². The number of amides is 1. The molecule has 1 saturated carbocycles. The molecule has 0 saturated heterocycles. The van der Waals surface area contributed by atoms with E-state index in [4.69, 9.17) is 16.3 Å². The van der Waals surface area contributed by atoms with E-state index in [2.05, 4.69) is 10.4 Å². The van der Waals surface area contributed by atoms with E-state index in [1.807, 2.05) is 31.2 Å². The first-order chi connectivity index (χ1) is 10.7. The Morgan fingerprint density at radius 3 is 2.95 bits per heavy atom. The fourth-order valence-electron chi connectivity index (χ4n) is 2.48. The summed E-state index contributed by atoms with van der Waals surface area (Å²) in [4.78, 5) is 12.2. The third-order valence-electron chi connectivity index (χ3n) is 3.75. The molecule has 0 spiro atoms. The molecule has 2 atom stereocenters. The first-order valence-corrected chi connectivity index (χ1v) is 7.71. The average Bonchev–Trinajstić information content (AvgIpc) is 3.20. The SMILES string of the molecule is CCOCn1cc(NC(=O)C2CC2c2ccc(Cl)cc2)cn1. The number of nitrogens with one attached hydrogen (secondary N) is 1. The standard InChI is InChI=1S/C16H18ClN3O2/c1-2-22-10-20-9-13(8-18-20)19-16(21)15-7-14(15)11-3-5-12(17)6-4-11/h3-6,8-9,14-15H,2,7,10H2,1H3,(H,19,21). The Hall–Kier alpha value is -1.85. The molecule has 1 N–H and O–H groups in total. The van der Waals surface area contributed by atoms with Gasteiger partial charge < -0.3 is 10.1 Å². The highest BCUT2D eigenvalue weighted by Crippen LogP contribution is 2.48. The number of rotatable bonds is 6. The number of hydrogen-bond donors (Lipinski definition) is 1. The summed E-state index contributed by atoms with van der Waals surface area (Å²) in [6.07, 6.45) is 4.28. The Morgan fingerprint density at radius 1 is 1.45 bits per heavy atom. The van der Waals surface area contributed by atoms with Gasteiger partial charge in [0.25, 0.3) is 0 Å². The number of carbonyl (C=O) groups is 1. The molecule has 2 aromatic rings. The minimum atomic E-state index is 0.0245. The zero-order chi connectivity index (χ0) is 15.5. The van der Waals surface area contributed by atoms with Crippen molar-refractivity contribution in [3.63, 3.8) is 0 Å². The number of carbonyl (C=O) groups excluding carboxylic acids is 1. The van der Waals surface area contributed by atoms with E-state index in [9.17, 15) is 4.79 Å². The second-order valence-corrected chi connectivity index (χ2v) is 5.82. The quantitative estimate of drug-likeness (QED) is 0.889. The second kappa shape index (κ2) is 6.50. The molecule has 5 nitrogen and oxygen atoms in total. The summed E-state index contributed by atoms with van der Waals surface area (Å²) in [6.45, 7) is 2.95. The van der Waals surface area contributed by atoms with Crippen molar-refractivity contribution >= 4 is 23.2 Å². The number of anilines is 1. The van der Waals surface area contributed by atoms with E-state index < -0.39 is 0 Å². The lowest BCUT2D eigenvalue weighted by atomic mass is 10.1. The first kappa shape index (κ1) is 15.1. The van der Waals surface area contributed by atoms with E-state index in [1.165, 1.54) is 0 Å². The molecular formula is C16H18ClN3O2. The van der Waals surface area contributed by atoms with Gasteiger partial charge in [0.05, 0.1) is 18.1 Å². The van der Waals surface area contributed by atoms with Crippen LogP contribution in [0.15, 0.2) is 36.7 Å². The van der Waals surface area contributed by atoms with Gasteiger partial charge in [-0.3, -0.25) is 4.79 Å². The van der Waals surface area contributed by atoms with Crippen LogP contribution in [0, 0.1) is 5.92 Å². The summed E-state index contributed by atoms with van der Waals surface area (Å²) >= 11 is 5.88. The van der Waals surface area contributed by atoms with E-state index in [0.29, 0.717) is 24.0 Å². The van der Waals surface area contributed by atoms with Crippen molar-refractivity contribution in [1.29, 1.82) is 0 Å². The highest BCUT2D eigenvalue weighted by atomic mass is 35.5. The number of hydrogen-bond acceptors (Lipinski definition) is 3. The predicted molar refractivity (Wildman–Crippen MR) is 84.8 cm³/mol. The lowest BCUT2D eigenvalue weighted by Crippen LogP contribution is -2.14. The molecule has 1 aromatic heterocycles. The van der Waals surface area contributed by atoms with Gasteiger partial charge in [0.15, 0.2) is 0 Å². The van der Waals surface area contributed by atoms with Crippen molar-refractivity contribution in [3.05, 3.63) is 47.2 Å². The summed E-state index contributed by atoms with van der Waals surface area (Å²) < 4.78 is 6.91. The van der Waals surface area contributed by atoms with Crippen molar-refractivity contribution < 1.29 is 9.53 Å². The van der Waals surface area contributed by atoms with E-state index >= 15 is 0 Å². The molecule has 0 bridgehead atoms. The minimum Gasteiger partial charge on any atom is -0.360 e. The maximum atomic E-state index is 12.2. The molecule has 0 aliphatic heterocycles. The Bertz CT molecular complexity index is 654. The monoisotopic (exact) mass is 319 g/mol. The van der Waals surface area contributed by atoms with Crippen molar-refractivity contribution in [3.8, 4) is 0 Å². The second-order valence-electron chi connectivity index (χ2n) is 5.38. The van der Waals surface area contributed by atoms with Gasteiger partial charge in [0.1, 0.15) is 6.73 Å². The largest absolute Gasteiger partial charge is 0.360 e. The minimum absolute atomic E-state index is 0.0245. The maximum Gasteiger partial charge on any atom is 0.228 e. The molecular weight excluding hydrogens is 302 g/mol. The molecule has 1 aromatic carbocycles. The van der Waals surface area contributed by atoms with Gasteiger partial charge in [-0.25, -0.2) is 4.68 Å². The summed E-state index contributed by atoms with van der Waals surface area (Å²) in [5.41, 5.74) is 1.86. The van der Waals surface area contributed by atoms with Crippen molar-refractivity contribution in [2.24, 2.45) is 5.92 Å². The number of halogens is 1. The van der Waals surface area contributed by atoms with Gasteiger partial charge in [-0.2, -0.15) is 5.10 Å². The van der Waals surface area contributed by atoms with Gasteiger partial charge >= 0.3 is 0 Å². The smallest absolute Gasteiger partial charge is 0.228 e. The normalized spacial score (nSPS) is 19.9. The van der Waals surface area contributed by atoms with E-state index in [0.717, 1.165) is 12.0 Å². The third kappa shape index (κ3) is 3.48. The van der Waals surface area contributed by atoms with Crippen LogP contribution in [0.4, 0.5) is 5.69 Å². The number of benzene rings is 1. The maximum absolute atomic E-state index is 12.2. The lowest BCUT2D eigenvalue weighted by molar-refractivity contribution is -0.117. The summed E-state index contributed by atoms with van der Waals surface area (Å²) in [7, 11) is 0. The molecule has 6 heteroatoms. The molecule has 0 radical (unpaired) electrons. The topological polar surface area (TPSA) is 56.1 Å². The fraction of sp³-hybridized carbons (Fsp3) is 0.375. The van der Waals surface area contributed by atoms with Crippen LogP contribution in [0.2, 0.25) is 5.02 Å². The van der Waals surface area contributed by atoms with Gasteiger partial charge in [-0.1, -0.05) is 23.7 Å². The molecule has 2 unspecified atom stereocenters. The molecule has 1 heterocycles. The van der Waals surface area contributed by atoms with Crippen molar-refractivity contribution in [2.75, 3.05) is 11.9 Å². The highest BCUT2D eigenvalue weighted by molar-refractivity contribution is 6.30. The van der Waals surface area contributed by atoms with E-state index in [-0.39, 0.29) is 17.7 Å². The number of nitrogens with zero attached hydrogens (tertiary/aromatic N) is 2. The fourth-order valence-corrected chi connectivity index (χ4v) is 2.61. The zero-order valence-corrected chi connectivity index (χ0v) is 13.1. The van der Waals surface area contributed by atoms with Gasteiger partial charge in [-0.15, -0.1) is 0 Å². The van der Waals surface area contributed by atoms with Gasteiger partial charge in [0, 0.05) is 17.5 Å². The van der Waals surface area contributed by atoms with Crippen molar-refractivity contribution in [2.45, 2.75) is 26.0 Å². The van der Waals surface area contributed by atoms with Crippen LogP contribution in [0.5, 0.6) is 0 Å². The molecule has 22 heavy (non-hydrogen) atoms. The Balaban J connectivity index is 1.55. The Labute approximate surface area is 134 Å². The third-order valence-corrected chi connectivity index (χ3v) is 4.01. The zero-order valence-electron chi connectivity index (χ0n) is 12.3. The molecule has 1 amide bonds. The van der Waals surface area contributed by atoms with Gasteiger partial charge in [-0.05, 0) is 37.0 Å². The number of ether oxygens (including phenoxy) is 1. The van der Waals surface area contributed by atoms with Crippen LogP contribution >= 0.6 is 11.6 Å². The average molecular weight is 320 g/mol. The summed E-state index contributed by atoms with van der Waals surface area (Å²) in [6, 6.07) is 7.70. The van der Waals surface area contributed by atoms with Crippen LogP contribution in [-0.2, 0) is 16.3 Å².